The molecule has 0 aromatic carbocycles. The van der Waals surface area contributed by atoms with Crippen molar-refractivity contribution in [3.05, 3.63) is 0 Å². The molecule has 37 heavy (non-hydrogen) atoms. The van der Waals surface area contributed by atoms with Crippen LogP contribution in [0.5, 0.6) is 0 Å². The Morgan fingerprint density at radius 2 is 1.03 bits per heavy atom. The molecule has 1 aliphatic heterocycles. The van der Waals surface area contributed by atoms with Crippen LogP contribution in [0.25, 0.3) is 0 Å². The van der Waals surface area contributed by atoms with Crippen LogP contribution < -0.4 is 0 Å². The summed E-state index contributed by atoms with van der Waals surface area (Å²) in [5.74, 6) is -0.0151. The van der Waals surface area contributed by atoms with Gasteiger partial charge in [-0.05, 0) is 12.8 Å². The Morgan fingerprint density at radius 1 is 0.622 bits per heavy atom. The van der Waals surface area contributed by atoms with E-state index in [1.165, 1.54) is 96.3 Å². The molecule has 4 atom stereocenters. The number of carbonyl (C=O) groups is 1. The summed E-state index contributed by atoms with van der Waals surface area (Å²) in [6.45, 7) is 4.95. The Balaban J connectivity index is 2.32. The zero-order valence-corrected chi connectivity index (χ0v) is 24.4. The van der Waals surface area contributed by atoms with E-state index in [2.05, 4.69) is 13.8 Å². The lowest BCUT2D eigenvalue weighted by atomic mass is 10.0. The number of nitrogens with zero attached hydrogens (tertiary/aromatic N) is 1. The number of hydrogen-bond acceptors (Lipinski definition) is 5. The van der Waals surface area contributed by atoms with Crippen molar-refractivity contribution in [3.63, 3.8) is 0 Å². The van der Waals surface area contributed by atoms with E-state index in [1.807, 2.05) is 0 Å². The summed E-state index contributed by atoms with van der Waals surface area (Å²) in [6, 6.07) is 0. The molecule has 1 rings (SSSR count). The van der Waals surface area contributed by atoms with Crippen LogP contribution in [0.1, 0.15) is 155 Å². The molecule has 3 N–H and O–H groups in total. The maximum atomic E-state index is 13.1. The molecule has 1 heterocycles. The van der Waals surface area contributed by atoms with Crippen molar-refractivity contribution in [3.8, 4) is 0 Å². The zero-order valence-electron chi connectivity index (χ0n) is 24.4. The van der Waals surface area contributed by atoms with Gasteiger partial charge in [-0.1, -0.05) is 136 Å². The fraction of sp³-hybridized carbons (Fsp3) is 0.968. The normalized spacial score (nSPS) is 21.9. The minimum atomic E-state index is -1.29. The molecular formula is C31H61NO5. The van der Waals surface area contributed by atoms with Gasteiger partial charge in [-0.3, -0.25) is 4.79 Å². The van der Waals surface area contributed by atoms with Crippen molar-refractivity contribution >= 4 is 5.91 Å². The summed E-state index contributed by atoms with van der Waals surface area (Å²) >= 11 is 0. The van der Waals surface area contributed by atoms with Crippen molar-refractivity contribution in [2.75, 3.05) is 13.2 Å². The second-order valence-corrected chi connectivity index (χ2v) is 11.3. The van der Waals surface area contributed by atoms with Crippen molar-refractivity contribution < 1.29 is 24.9 Å². The Bertz CT molecular complexity index is 532. The fourth-order valence-electron chi connectivity index (χ4n) is 5.31. The lowest BCUT2D eigenvalue weighted by Crippen LogP contribution is -2.60. The highest BCUT2D eigenvalue weighted by Crippen LogP contribution is 2.22. The quantitative estimate of drug-likeness (QED) is 0.119. The Hall–Kier alpha value is -0.690. The van der Waals surface area contributed by atoms with Crippen LogP contribution in [0.4, 0.5) is 0 Å². The standard InChI is InChI=1S/C31H61NO5/c1-3-5-7-9-11-13-14-15-17-19-21-23-25-32(31-30(36)29(35)27(33)26-37-31)28(34)24-22-20-18-16-12-10-8-6-4-2/h27,29-31,33,35-36H,3-26H2,1-2H3/t27-,29-,30+,31+/m1/s1. The van der Waals surface area contributed by atoms with Crippen LogP contribution in [-0.4, -0.2) is 63.8 Å². The number of aliphatic hydroxyl groups excluding tert-OH is 3. The Kier molecular flexibility index (Phi) is 21.5. The molecule has 1 amide bonds. The third-order valence-corrected chi connectivity index (χ3v) is 7.85. The van der Waals surface area contributed by atoms with E-state index < -0.39 is 24.5 Å². The summed E-state index contributed by atoms with van der Waals surface area (Å²) in [7, 11) is 0. The lowest BCUT2D eigenvalue weighted by molar-refractivity contribution is -0.228. The van der Waals surface area contributed by atoms with Crippen molar-refractivity contribution in [1.29, 1.82) is 0 Å². The van der Waals surface area contributed by atoms with Gasteiger partial charge in [0.25, 0.3) is 0 Å². The van der Waals surface area contributed by atoms with E-state index in [-0.39, 0.29) is 12.5 Å². The fourth-order valence-corrected chi connectivity index (χ4v) is 5.31. The smallest absolute Gasteiger partial charge is 0.224 e. The third kappa shape index (κ3) is 16.1. The van der Waals surface area contributed by atoms with Crippen LogP contribution in [0.15, 0.2) is 0 Å². The molecule has 0 unspecified atom stereocenters. The predicted molar refractivity (Wildman–Crippen MR) is 152 cm³/mol. The van der Waals surface area contributed by atoms with Crippen LogP contribution in [-0.2, 0) is 9.53 Å². The number of unbranched alkanes of at least 4 members (excludes halogenated alkanes) is 19. The minimum absolute atomic E-state index is 0.0151. The monoisotopic (exact) mass is 527 g/mol. The molecule has 0 aromatic heterocycles. The molecule has 6 nitrogen and oxygen atoms in total. The highest BCUT2D eigenvalue weighted by atomic mass is 16.5. The summed E-state index contributed by atoms with van der Waals surface area (Å²) in [4.78, 5) is 14.7. The first-order valence-corrected chi connectivity index (χ1v) is 16.0. The molecule has 0 radical (unpaired) electrons. The summed E-state index contributed by atoms with van der Waals surface area (Å²) in [6.07, 6.45) is 21.7. The lowest BCUT2D eigenvalue weighted by Gasteiger charge is -2.41. The number of hydrogen-bond donors (Lipinski definition) is 3. The zero-order chi connectivity index (χ0) is 27.1. The molecule has 0 saturated carbocycles. The molecule has 1 fully saturated rings. The van der Waals surface area contributed by atoms with Gasteiger partial charge in [0.05, 0.1) is 6.61 Å². The maximum absolute atomic E-state index is 13.1. The van der Waals surface area contributed by atoms with Gasteiger partial charge in [0.1, 0.15) is 18.3 Å². The second-order valence-electron chi connectivity index (χ2n) is 11.3. The van der Waals surface area contributed by atoms with Crippen LogP contribution in [0.3, 0.4) is 0 Å². The van der Waals surface area contributed by atoms with E-state index >= 15 is 0 Å². The van der Waals surface area contributed by atoms with Crippen LogP contribution in [0.2, 0.25) is 0 Å². The van der Waals surface area contributed by atoms with E-state index in [1.54, 1.807) is 4.90 Å². The minimum Gasteiger partial charge on any atom is -0.388 e. The summed E-state index contributed by atoms with van der Waals surface area (Å²) in [5, 5.41) is 30.5. The van der Waals surface area contributed by atoms with Crippen molar-refractivity contribution in [2.24, 2.45) is 0 Å². The Morgan fingerprint density at radius 3 is 1.49 bits per heavy atom. The number of ether oxygens (including phenoxy) is 1. The van der Waals surface area contributed by atoms with Gasteiger partial charge >= 0.3 is 0 Å². The van der Waals surface area contributed by atoms with Crippen molar-refractivity contribution in [1.82, 2.24) is 4.90 Å². The van der Waals surface area contributed by atoms with Gasteiger partial charge in [-0.25, -0.2) is 0 Å². The molecule has 220 valence electrons. The van der Waals surface area contributed by atoms with Gasteiger partial charge in [0.15, 0.2) is 6.23 Å². The summed E-state index contributed by atoms with van der Waals surface area (Å²) in [5.41, 5.74) is 0. The SMILES string of the molecule is CCCCCCCCCCCCCCN(C(=O)CCCCCCCCCCC)[C@H]1OC[C@@H](O)[C@@H](O)[C@@H]1O. The number of rotatable bonds is 24. The molecule has 6 heteroatoms. The maximum Gasteiger partial charge on any atom is 0.224 e. The predicted octanol–water partition coefficient (Wildman–Crippen LogP) is 6.88. The molecule has 1 saturated heterocycles. The molecular weight excluding hydrogens is 466 g/mol. The number of carbonyl (C=O) groups excluding carboxylic acids is 1. The summed E-state index contributed by atoms with van der Waals surface area (Å²) < 4.78 is 5.65. The second kappa shape index (κ2) is 23.2. The van der Waals surface area contributed by atoms with Gasteiger partial charge in [-0.2, -0.15) is 0 Å². The van der Waals surface area contributed by atoms with Gasteiger partial charge in [-0.15, -0.1) is 0 Å². The van der Waals surface area contributed by atoms with Gasteiger partial charge in [0, 0.05) is 13.0 Å². The molecule has 0 aliphatic carbocycles. The number of aliphatic hydroxyl groups is 3. The van der Waals surface area contributed by atoms with Crippen LogP contribution >= 0.6 is 0 Å². The molecule has 0 bridgehead atoms. The topological polar surface area (TPSA) is 90.2 Å². The molecule has 0 spiro atoms. The first kappa shape index (κ1) is 34.3. The first-order valence-electron chi connectivity index (χ1n) is 16.0. The van der Waals surface area contributed by atoms with E-state index in [0.717, 1.165) is 38.5 Å². The first-order chi connectivity index (χ1) is 18.0. The van der Waals surface area contributed by atoms with E-state index in [9.17, 15) is 20.1 Å². The Labute approximate surface area is 228 Å². The van der Waals surface area contributed by atoms with E-state index in [4.69, 9.17) is 4.74 Å². The third-order valence-electron chi connectivity index (χ3n) is 7.85. The highest BCUT2D eigenvalue weighted by Gasteiger charge is 2.41. The average molecular weight is 528 g/mol. The number of amides is 1. The average Bonchev–Trinajstić information content (AvgIpc) is 2.89. The van der Waals surface area contributed by atoms with E-state index in [0.29, 0.717) is 13.0 Å². The molecule has 1 aliphatic rings. The highest BCUT2D eigenvalue weighted by molar-refractivity contribution is 5.76. The largest absolute Gasteiger partial charge is 0.388 e. The van der Waals surface area contributed by atoms with Gasteiger partial charge < -0.3 is 25.0 Å². The van der Waals surface area contributed by atoms with Gasteiger partial charge in [0.2, 0.25) is 5.91 Å². The van der Waals surface area contributed by atoms with Crippen LogP contribution in [0, 0.1) is 0 Å². The van der Waals surface area contributed by atoms with Crippen molar-refractivity contribution in [2.45, 2.75) is 180 Å². The molecule has 0 aromatic rings.